The molecule has 0 bridgehead atoms. The van der Waals surface area contributed by atoms with Crippen LogP contribution >= 0.6 is 0 Å². The molecule has 0 heterocycles. The fraction of sp³-hybridized carbons (Fsp3) is 0.625. The number of ether oxygens (including phenoxy) is 3. The third-order valence-electron chi connectivity index (χ3n) is 2.93. The van der Waals surface area contributed by atoms with E-state index in [1.165, 1.54) is 5.56 Å². The van der Waals surface area contributed by atoms with Gasteiger partial charge in [-0.2, -0.15) is 0 Å². The normalized spacial score (nSPS) is 12.7. The van der Waals surface area contributed by atoms with Crippen LogP contribution in [0.4, 0.5) is 0 Å². The van der Waals surface area contributed by atoms with E-state index in [2.05, 4.69) is 31.3 Å². The van der Waals surface area contributed by atoms with Crippen LogP contribution in [0.2, 0.25) is 0 Å². The smallest absolute Gasteiger partial charge is 0.134 e. The Morgan fingerprint density at radius 1 is 1.05 bits per heavy atom. The Balaban J connectivity index is 2.50. The topological polar surface area (TPSA) is 39.7 Å². The van der Waals surface area contributed by atoms with Crippen molar-refractivity contribution in [2.75, 3.05) is 34.0 Å². The number of hydrogen-bond donors (Lipinski definition) is 1. The first-order chi connectivity index (χ1) is 9.65. The summed E-state index contributed by atoms with van der Waals surface area (Å²) >= 11 is 0. The number of methoxy groups -OCH3 is 2. The Hall–Kier alpha value is -1.10. The Bertz CT molecular complexity index is 351. The summed E-state index contributed by atoms with van der Waals surface area (Å²) in [6.45, 7) is 6.33. The molecule has 0 spiro atoms. The van der Waals surface area contributed by atoms with E-state index in [9.17, 15) is 0 Å². The molecule has 1 aromatic carbocycles. The first-order valence-corrected chi connectivity index (χ1v) is 7.12. The molecule has 0 fully saturated rings. The number of rotatable bonds is 10. The zero-order chi connectivity index (χ0) is 14.8. The highest BCUT2D eigenvalue weighted by Gasteiger charge is 2.10. The van der Waals surface area contributed by atoms with Gasteiger partial charge in [0.25, 0.3) is 0 Å². The fourth-order valence-corrected chi connectivity index (χ4v) is 1.83. The second kappa shape index (κ2) is 9.75. The average Bonchev–Trinajstić information content (AvgIpc) is 2.44. The lowest BCUT2D eigenvalue weighted by molar-refractivity contribution is 0.0794. The van der Waals surface area contributed by atoms with Gasteiger partial charge in [-0.3, -0.25) is 0 Å². The summed E-state index contributed by atoms with van der Waals surface area (Å²) in [5.41, 5.74) is 1.25. The van der Waals surface area contributed by atoms with Gasteiger partial charge in [-0.1, -0.05) is 26.0 Å². The van der Waals surface area contributed by atoms with Gasteiger partial charge in [0, 0.05) is 26.8 Å². The number of hydrogen-bond acceptors (Lipinski definition) is 4. The van der Waals surface area contributed by atoms with Gasteiger partial charge in [0.15, 0.2) is 0 Å². The van der Waals surface area contributed by atoms with Crippen LogP contribution in [0.15, 0.2) is 24.3 Å². The molecule has 0 amide bonds. The van der Waals surface area contributed by atoms with Crippen molar-refractivity contribution in [1.29, 1.82) is 0 Å². The highest BCUT2D eigenvalue weighted by atomic mass is 16.5. The van der Waals surface area contributed by atoms with Crippen LogP contribution in [-0.4, -0.2) is 46.1 Å². The molecule has 20 heavy (non-hydrogen) atoms. The molecule has 1 aromatic rings. The summed E-state index contributed by atoms with van der Waals surface area (Å²) in [5, 5.41) is 3.37. The molecule has 0 saturated heterocycles. The molecule has 4 nitrogen and oxygen atoms in total. The Morgan fingerprint density at radius 3 is 2.30 bits per heavy atom. The van der Waals surface area contributed by atoms with Crippen molar-refractivity contribution >= 4 is 0 Å². The average molecular weight is 281 g/mol. The molecule has 1 N–H and O–H groups in total. The molecule has 1 atom stereocenters. The van der Waals surface area contributed by atoms with Gasteiger partial charge in [-0.15, -0.1) is 0 Å². The van der Waals surface area contributed by atoms with Crippen LogP contribution in [0.25, 0.3) is 0 Å². The quantitative estimate of drug-likeness (QED) is 0.714. The van der Waals surface area contributed by atoms with Crippen LogP contribution in [-0.2, 0) is 15.9 Å². The third-order valence-corrected chi connectivity index (χ3v) is 2.93. The lowest BCUT2D eigenvalue weighted by Crippen LogP contribution is -2.38. The van der Waals surface area contributed by atoms with Crippen molar-refractivity contribution in [2.24, 2.45) is 0 Å². The van der Waals surface area contributed by atoms with E-state index in [0.717, 1.165) is 25.3 Å². The standard InChI is InChI=1S/C16H27NO3/c1-13(2)17-11-16(12-19-4)20-15-7-5-14(6-8-15)9-10-18-3/h5-8,13,16-17H,9-12H2,1-4H3. The molecule has 4 heteroatoms. The molecule has 0 saturated carbocycles. The van der Waals surface area contributed by atoms with E-state index in [-0.39, 0.29) is 6.10 Å². The summed E-state index contributed by atoms with van der Waals surface area (Å²) in [7, 11) is 3.41. The molecule has 1 unspecified atom stereocenters. The monoisotopic (exact) mass is 281 g/mol. The van der Waals surface area contributed by atoms with E-state index >= 15 is 0 Å². The van der Waals surface area contributed by atoms with Gasteiger partial charge in [0.05, 0.1) is 13.2 Å². The van der Waals surface area contributed by atoms with Crippen molar-refractivity contribution < 1.29 is 14.2 Å². The van der Waals surface area contributed by atoms with Crippen molar-refractivity contribution in [3.05, 3.63) is 29.8 Å². The van der Waals surface area contributed by atoms with E-state index in [1.807, 2.05) is 12.1 Å². The molecule has 0 aliphatic rings. The molecule has 1 rings (SSSR count). The Labute approximate surface area is 122 Å². The molecule has 0 aliphatic heterocycles. The summed E-state index contributed by atoms with van der Waals surface area (Å²) in [5.74, 6) is 0.874. The number of benzene rings is 1. The molecule has 0 aliphatic carbocycles. The first kappa shape index (κ1) is 17.0. The summed E-state index contributed by atoms with van der Waals surface area (Å²) < 4.78 is 16.2. The minimum absolute atomic E-state index is 0.0206. The molecular weight excluding hydrogens is 254 g/mol. The largest absolute Gasteiger partial charge is 0.487 e. The summed E-state index contributed by atoms with van der Waals surface area (Å²) in [6.07, 6.45) is 0.944. The molecular formula is C16H27NO3. The van der Waals surface area contributed by atoms with Crippen LogP contribution in [0.3, 0.4) is 0 Å². The Kier molecular flexibility index (Phi) is 8.26. The molecule has 0 aromatic heterocycles. The summed E-state index contributed by atoms with van der Waals surface area (Å²) in [6, 6.07) is 8.60. The van der Waals surface area contributed by atoms with Crippen LogP contribution in [0.1, 0.15) is 19.4 Å². The van der Waals surface area contributed by atoms with Crippen molar-refractivity contribution in [3.8, 4) is 5.75 Å². The van der Waals surface area contributed by atoms with E-state index in [1.54, 1.807) is 14.2 Å². The summed E-state index contributed by atoms with van der Waals surface area (Å²) in [4.78, 5) is 0. The zero-order valence-corrected chi connectivity index (χ0v) is 13.0. The SMILES string of the molecule is COCCc1ccc(OC(CNC(C)C)COC)cc1. The lowest BCUT2D eigenvalue weighted by Gasteiger charge is -2.20. The van der Waals surface area contributed by atoms with Crippen LogP contribution < -0.4 is 10.1 Å². The zero-order valence-electron chi connectivity index (χ0n) is 13.0. The van der Waals surface area contributed by atoms with Gasteiger partial charge >= 0.3 is 0 Å². The Morgan fingerprint density at radius 2 is 1.75 bits per heavy atom. The first-order valence-electron chi connectivity index (χ1n) is 7.12. The van der Waals surface area contributed by atoms with E-state index in [4.69, 9.17) is 14.2 Å². The van der Waals surface area contributed by atoms with Crippen LogP contribution in [0.5, 0.6) is 5.75 Å². The van der Waals surface area contributed by atoms with Crippen molar-refractivity contribution in [2.45, 2.75) is 32.4 Å². The van der Waals surface area contributed by atoms with Crippen molar-refractivity contribution in [3.63, 3.8) is 0 Å². The predicted octanol–water partition coefficient (Wildman–Crippen LogP) is 2.27. The maximum absolute atomic E-state index is 5.95. The third kappa shape index (κ3) is 6.89. The molecule has 114 valence electrons. The minimum atomic E-state index is 0.0206. The van der Waals surface area contributed by atoms with Gasteiger partial charge in [0.1, 0.15) is 11.9 Å². The van der Waals surface area contributed by atoms with Gasteiger partial charge < -0.3 is 19.5 Å². The second-order valence-electron chi connectivity index (χ2n) is 5.14. The van der Waals surface area contributed by atoms with Gasteiger partial charge in [-0.25, -0.2) is 0 Å². The second-order valence-corrected chi connectivity index (χ2v) is 5.14. The highest BCUT2D eigenvalue weighted by molar-refractivity contribution is 5.27. The van der Waals surface area contributed by atoms with E-state index in [0.29, 0.717) is 12.6 Å². The maximum Gasteiger partial charge on any atom is 0.134 e. The lowest BCUT2D eigenvalue weighted by atomic mass is 10.1. The highest BCUT2D eigenvalue weighted by Crippen LogP contribution is 2.14. The maximum atomic E-state index is 5.95. The molecule has 0 radical (unpaired) electrons. The van der Waals surface area contributed by atoms with Crippen LogP contribution in [0, 0.1) is 0 Å². The number of nitrogens with one attached hydrogen (secondary N) is 1. The predicted molar refractivity (Wildman–Crippen MR) is 81.5 cm³/mol. The minimum Gasteiger partial charge on any atom is -0.487 e. The fourth-order valence-electron chi connectivity index (χ4n) is 1.83. The van der Waals surface area contributed by atoms with Gasteiger partial charge in [-0.05, 0) is 24.1 Å². The van der Waals surface area contributed by atoms with Crippen molar-refractivity contribution in [1.82, 2.24) is 5.32 Å². The van der Waals surface area contributed by atoms with Gasteiger partial charge in [0.2, 0.25) is 0 Å². The van der Waals surface area contributed by atoms with E-state index < -0.39 is 0 Å².